The maximum atomic E-state index is 13.3. The number of halogens is 1. The van der Waals surface area contributed by atoms with E-state index < -0.39 is 0 Å². The van der Waals surface area contributed by atoms with Crippen LogP contribution in [0.2, 0.25) is 0 Å². The number of benzene rings is 2. The quantitative estimate of drug-likeness (QED) is 0.665. The molecular weight excluding hydrogens is 369 g/mol. The number of carbonyl (C=O) groups excluding carboxylic acids is 1. The summed E-state index contributed by atoms with van der Waals surface area (Å²) in [6.07, 6.45) is 5.22. The van der Waals surface area contributed by atoms with E-state index in [4.69, 9.17) is 0 Å². The van der Waals surface area contributed by atoms with Crippen LogP contribution in [0.1, 0.15) is 29.8 Å². The second kappa shape index (κ2) is 8.68. The molecular formula is C22H22FN5O. The van der Waals surface area contributed by atoms with Crippen molar-refractivity contribution in [3.8, 4) is 0 Å². The smallest absolute Gasteiger partial charge is 0.274 e. The van der Waals surface area contributed by atoms with Crippen LogP contribution in [0.4, 0.5) is 27.4 Å². The van der Waals surface area contributed by atoms with Crippen LogP contribution in [0.15, 0.2) is 60.8 Å². The number of amides is 1. The van der Waals surface area contributed by atoms with Crippen molar-refractivity contribution in [3.63, 3.8) is 0 Å². The molecule has 1 aliphatic heterocycles. The second-order valence-electron chi connectivity index (χ2n) is 6.95. The van der Waals surface area contributed by atoms with Crippen molar-refractivity contribution >= 4 is 28.9 Å². The van der Waals surface area contributed by atoms with Crippen LogP contribution in [-0.4, -0.2) is 29.0 Å². The first kappa shape index (κ1) is 18.9. The van der Waals surface area contributed by atoms with E-state index in [2.05, 4.69) is 25.5 Å². The van der Waals surface area contributed by atoms with Gasteiger partial charge >= 0.3 is 0 Å². The molecule has 0 atom stereocenters. The SMILES string of the molecule is O=C(Nc1ccc(N2CCCCC2)cc1)c1ccnc(Nc2cccc(F)c2)n1. The highest BCUT2D eigenvalue weighted by molar-refractivity contribution is 6.03. The molecule has 1 aromatic heterocycles. The number of hydrogen-bond donors (Lipinski definition) is 2. The Kier molecular flexibility index (Phi) is 5.65. The van der Waals surface area contributed by atoms with Gasteiger partial charge in [-0.2, -0.15) is 0 Å². The number of carbonyl (C=O) groups is 1. The number of anilines is 4. The first-order valence-electron chi connectivity index (χ1n) is 9.69. The zero-order chi connectivity index (χ0) is 20.1. The molecule has 1 amide bonds. The van der Waals surface area contributed by atoms with Gasteiger partial charge in [-0.25, -0.2) is 14.4 Å². The van der Waals surface area contributed by atoms with Crippen LogP contribution in [0.5, 0.6) is 0 Å². The largest absolute Gasteiger partial charge is 0.372 e. The Hall–Kier alpha value is -3.48. The molecule has 2 aromatic carbocycles. The molecule has 1 aliphatic rings. The molecule has 2 N–H and O–H groups in total. The summed E-state index contributed by atoms with van der Waals surface area (Å²) < 4.78 is 13.3. The van der Waals surface area contributed by atoms with Crippen molar-refractivity contribution in [3.05, 3.63) is 72.3 Å². The average Bonchev–Trinajstić information content (AvgIpc) is 2.75. The van der Waals surface area contributed by atoms with E-state index in [9.17, 15) is 9.18 Å². The van der Waals surface area contributed by atoms with Crippen molar-refractivity contribution in [2.24, 2.45) is 0 Å². The van der Waals surface area contributed by atoms with Gasteiger partial charge in [0.1, 0.15) is 11.5 Å². The van der Waals surface area contributed by atoms with Crippen LogP contribution in [0.25, 0.3) is 0 Å². The minimum Gasteiger partial charge on any atom is -0.372 e. The van der Waals surface area contributed by atoms with E-state index >= 15 is 0 Å². The molecule has 1 saturated heterocycles. The molecule has 4 rings (SSSR count). The summed E-state index contributed by atoms with van der Waals surface area (Å²) in [4.78, 5) is 23.2. The van der Waals surface area contributed by atoms with E-state index in [1.165, 1.54) is 49.3 Å². The summed E-state index contributed by atoms with van der Waals surface area (Å²) in [6.45, 7) is 2.15. The highest BCUT2D eigenvalue weighted by Gasteiger charge is 2.12. The maximum Gasteiger partial charge on any atom is 0.274 e. The van der Waals surface area contributed by atoms with Crippen molar-refractivity contribution in [2.75, 3.05) is 28.6 Å². The molecule has 2 heterocycles. The fraction of sp³-hybridized carbons (Fsp3) is 0.227. The van der Waals surface area contributed by atoms with Crippen LogP contribution >= 0.6 is 0 Å². The Morgan fingerprint density at radius 1 is 0.966 bits per heavy atom. The van der Waals surface area contributed by atoms with Gasteiger partial charge in [-0.1, -0.05) is 6.07 Å². The maximum absolute atomic E-state index is 13.3. The zero-order valence-electron chi connectivity index (χ0n) is 15.9. The van der Waals surface area contributed by atoms with Gasteiger partial charge in [-0.15, -0.1) is 0 Å². The zero-order valence-corrected chi connectivity index (χ0v) is 15.9. The van der Waals surface area contributed by atoms with Crippen molar-refractivity contribution in [2.45, 2.75) is 19.3 Å². The van der Waals surface area contributed by atoms with Gasteiger partial charge in [0.05, 0.1) is 0 Å². The summed E-state index contributed by atoms with van der Waals surface area (Å²) in [7, 11) is 0. The van der Waals surface area contributed by atoms with Crippen LogP contribution < -0.4 is 15.5 Å². The molecule has 1 fully saturated rings. The Bertz CT molecular complexity index is 987. The summed E-state index contributed by atoms with van der Waals surface area (Å²) in [5, 5.41) is 5.75. The topological polar surface area (TPSA) is 70.2 Å². The van der Waals surface area contributed by atoms with Gasteiger partial charge in [0.15, 0.2) is 0 Å². The first-order valence-corrected chi connectivity index (χ1v) is 9.69. The molecule has 148 valence electrons. The molecule has 0 saturated carbocycles. The fourth-order valence-electron chi connectivity index (χ4n) is 3.34. The molecule has 0 spiro atoms. The summed E-state index contributed by atoms with van der Waals surface area (Å²) in [6, 6.07) is 15.4. The number of rotatable bonds is 5. The highest BCUT2D eigenvalue weighted by atomic mass is 19.1. The van der Waals surface area contributed by atoms with Crippen LogP contribution in [0.3, 0.4) is 0 Å². The Morgan fingerprint density at radius 2 is 1.76 bits per heavy atom. The third kappa shape index (κ3) is 4.87. The summed E-state index contributed by atoms with van der Waals surface area (Å²) in [5.74, 6) is -0.471. The molecule has 0 bridgehead atoms. The van der Waals surface area contributed by atoms with Crippen LogP contribution in [-0.2, 0) is 0 Å². The first-order chi connectivity index (χ1) is 14.2. The van der Waals surface area contributed by atoms with Gasteiger partial charge < -0.3 is 15.5 Å². The number of hydrogen-bond acceptors (Lipinski definition) is 5. The summed E-state index contributed by atoms with van der Waals surface area (Å²) >= 11 is 0. The van der Waals surface area contributed by atoms with E-state index in [-0.39, 0.29) is 23.4 Å². The van der Waals surface area contributed by atoms with Gasteiger partial charge in [0, 0.05) is 36.3 Å². The molecule has 7 heteroatoms. The Balaban J connectivity index is 1.41. The lowest BCUT2D eigenvalue weighted by atomic mass is 10.1. The molecule has 6 nitrogen and oxygen atoms in total. The van der Waals surface area contributed by atoms with Gasteiger partial charge in [-0.05, 0) is 67.8 Å². The average molecular weight is 391 g/mol. The van der Waals surface area contributed by atoms with Gasteiger partial charge in [-0.3, -0.25) is 4.79 Å². The normalized spacial score (nSPS) is 13.8. The predicted octanol–water partition coefficient (Wildman–Crippen LogP) is 4.60. The lowest BCUT2D eigenvalue weighted by Gasteiger charge is -2.28. The fourth-order valence-corrected chi connectivity index (χ4v) is 3.34. The third-order valence-corrected chi connectivity index (χ3v) is 4.82. The Labute approximate surface area is 168 Å². The molecule has 0 aliphatic carbocycles. The van der Waals surface area contributed by atoms with E-state index in [1.807, 2.05) is 24.3 Å². The van der Waals surface area contributed by atoms with E-state index in [0.29, 0.717) is 11.4 Å². The monoisotopic (exact) mass is 391 g/mol. The molecule has 3 aromatic rings. The molecule has 0 radical (unpaired) electrons. The minimum absolute atomic E-state index is 0.221. The summed E-state index contributed by atoms with van der Waals surface area (Å²) in [5.41, 5.74) is 2.61. The standard InChI is InChI=1S/C22H22FN5O/c23-16-5-4-6-18(15-16)26-22-24-12-11-20(27-22)21(29)25-17-7-9-19(10-8-17)28-13-2-1-3-14-28/h4-12,15H,1-3,13-14H2,(H,25,29)(H,24,26,27). The predicted molar refractivity (Wildman–Crippen MR) is 112 cm³/mol. The number of aromatic nitrogens is 2. The minimum atomic E-state index is -0.364. The van der Waals surface area contributed by atoms with Crippen molar-refractivity contribution < 1.29 is 9.18 Å². The number of piperidine rings is 1. The third-order valence-electron chi connectivity index (χ3n) is 4.82. The number of nitrogens with zero attached hydrogens (tertiary/aromatic N) is 3. The van der Waals surface area contributed by atoms with Crippen molar-refractivity contribution in [1.82, 2.24) is 9.97 Å². The number of nitrogens with one attached hydrogen (secondary N) is 2. The van der Waals surface area contributed by atoms with Crippen molar-refractivity contribution in [1.29, 1.82) is 0 Å². The highest BCUT2D eigenvalue weighted by Crippen LogP contribution is 2.22. The lowest BCUT2D eigenvalue weighted by molar-refractivity contribution is 0.102. The van der Waals surface area contributed by atoms with Gasteiger partial charge in [0.25, 0.3) is 5.91 Å². The van der Waals surface area contributed by atoms with Gasteiger partial charge in [0.2, 0.25) is 5.95 Å². The second-order valence-corrected chi connectivity index (χ2v) is 6.95. The van der Waals surface area contributed by atoms with E-state index in [1.54, 1.807) is 12.1 Å². The molecule has 29 heavy (non-hydrogen) atoms. The lowest BCUT2D eigenvalue weighted by Crippen LogP contribution is -2.29. The molecule has 0 unspecified atom stereocenters. The van der Waals surface area contributed by atoms with E-state index in [0.717, 1.165) is 13.1 Å². The Morgan fingerprint density at radius 3 is 2.52 bits per heavy atom. The van der Waals surface area contributed by atoms with Crippen LogP contribution in [0, 0.1) is 5.82 Å².